The molecule has 4 rings (SSSR count). The van der Waals surface area contributed by atoms with Crippen molar-refractivity contribution in [1.29, 1.82) is 0 Å². The van der Waals surface area contributed by atoms with Crippen LogP contribution >= 0.6 is 0 Å². The summed E-state index contributed by atoms with van der Waals surface area (Å²) in [6, 6.07) is 0. The zero-order chi connectivity index (χ0) is 25.3. The molecule has 188 valence electrons. The van der Waals surface area contributed by atoms with Gasteiger partial charge >= 0.3 is 5.97 Å². The Morgan fingerprint density at radius 3 is 2.32 bits per heavy atom. The number of fused-ring (bicyclic) bond motifs is 4. The molecule has 4 nitrogen and oxygen atoms in total. The molecule has 0 aromatic heterocycles. The third-order valence-electron chi connectivity index (χ3n) is 11.1. The zero-order valence-corrected chi connectivity index (χ0v) is 22.3. The zero-order valence-electron chi connectivity index (χ0n) is 22.3. The van der Waals surface area contributed by atoms with E-state index >= 15 is 0 Å². The molecule has 4 aliphatic carbocycles. The van der Waals surface area contributed by atoms with Gasteiger partial charge in [-0.2, -0.15) is 0 Å². The van der Waals surface area contributed by atoms with Gasteiger partial charge in [0.05, 0.1) is 5.92 Å². The minimum atomic E-state index is -0.825. The maximum absolute atomic E-state index is 13.6. The summed E-state index contributed by atoms with van der Waals surface area (Å²) < 4.78 is 0. The Labute approximate surface area is 205 Å². The van der Waals surface area contributed by atoms with Gasteiger partial charge in [-0.05, 0) is 75.5 Å². The SMILES string of the molecule is CC(C)=CCC[C@@H](C(=O)O)[C@H]1C(=O)C[C@@]2(C)C3=C(CC[C@]12C)[C@@]1(C)CCC(=O)C(C)(C)[C@@H]1CC3. The van der Waals surface area contributed by atoms with Crippen LogP contribution in [-0.2, 0) is 14.4 Å². The van der Waals surface area contributed by atoms with Crippen LogP contribution in [0.5, 0.6) is 0 Å². The van der Waals surface area contributed by atoms with E-state index in [1.807, 2.05) is 13.8 Å². The number of allylic oxidation sites excluding steroid dienone is 4. The van der Waals surface area contributed by atoms with Crippen molar-refractivity contribution in [2.45, 2.75) is 106 Å². The number of rotatable bonds is 5. The highest BCUT2D eigenvalue weighted by atomic mass is 16.4. The van der Waals surface area contributed by atoms with Crippen LogP contribution < -0.4 is 0 Å². The first-order chi connectivity index (χ1) is 15.7. The monoisotopic (exact) mass is 468 g/mol. The molecule has 0 saturated heterocycles. The molecule has 0 heterocycles. The van der Waals surface area contributed by atoms with Gasteiger partial charge in [0, 0.05) is 29.6 Å². The molecule has 34 heavy (non-hydrogen) atoms. The highest BCUT2D eigenvalue weighted by molar-refractivity contribution is 5.91. The summed E-state index contributed by atoms with van der Waals surface area (Å²) in [5.41, 5.74) is 3.21. The Balaban J connectivity index is 1.75. The molecule has 2 fully saturated rings. The smallest absolute Gasteiger partial charge is 0.307 e. The van der Waals surface area contributed by atoms with Gasteiger partial charge in [-0.3, -0.25) is 14.4 Å². The maximum atomic E-state index is 13.6. The molecule has 0 aromatic rings. The number of aliphatic carboxylic acids is 1. The van der Waals surface area contributed by atoms with E-state index in [0.29, 0.717) is 37.4 Å². The molecule has 4 aliphatic rings. The van der Waals surface area contributed by atoms with Crippen molar-refractivity contribution in [1.82, 2.24) is 0 Å². The largest absolute Gasteiger partial charge is 0.481 e. The Kier molecular flexibility index (Phi) is 6.10. The number of hydrogen-bond donors (Lipinski definition) is 1. The van der Waals surface area contributed by atoms with Crippen LogP contribution in [-0.4, -0.2) is 22.6 Å². The van der Waals surface area contributed by atoms with Crippen LogP contribution in [0.15, 0.2) is 22.8 Å². The number of carboxylic acid groups (broad SMARTS) is 1. The van der Waals surface area contributed by atoms with Crippen molar-refractivity contribution in [3.8, 4) is 0 Å². The quantitative estimate of drug-likeness (QED) is 0.444. The summed E-state index contributed by atoms with van der Waals surface area (Å²) in [6.07, 6.45) is 9.04. The Morgan fingerprint density at radius 2 is 1.71 bits per heavy atom. The van der Waals surface area contributed by atoms with Gasteiger partial charge in [-0.25, -0.2) is 0 Å². The number of Topliss-reactive ketones (excluding diaryl/α,β-unsaturated/α-hetero) is 2. The second-order valence-corrected chi connectivity index (χ2v) is 13.3. The fourth-order valence-corrected chi connectivity index (χ4v) is 9.01. The van der Waals surface area contributed by atoms with E-state index in [1.165, 1.54) is 16.7 Å². The van der Waals surface area contributed by atoms with Gasteiger partial charge in [0.1, 0.15) is 11.6 Å². The van der Waals surface area contributed by atoms with E-state index in [9.17, 15) is 19.5 Å². The molecule has 6 atom stereocenters. The third-order valence-corrected chi connectivity index (χ3v) is 11.1. The summed E-state index contributed by atoms with van der Waals surface area (Å²) in [7, 11) is 0. The summed E-state index contributed by atoms with van der Waals surface area (Å²) in [4.78, 5) is 38.9. The van der Waals surface area contributed by atoms with Crippen LogP contribution in [0.1, 0.15) is 106 Å². The lowest BCUT2D eigenvalue weighted by molar-refractivity contribution is -0.149. The van der Waals surface area contributed by atoms with E-state index in [0.717, 1.165) is 32.1 Å². The summed E-state index contributed by atoms with van der Waals surface area (Å²) in [6.45, 7) is 15.2. The predicted molar refractivity (Wildman–Crippen MR) is 134 cm³/mol. The van der Waals surface area contributed by atoms with Crippen molar-refractivity contribution in [3.05, 3.63) is 22.8 Å². The Hall–Kier alpha value is -1.71. The number of carbonyl (C=O) groups is 3. The van der Waals surface area contributed by atoms with Crippen LogP contribution in [0.2, 0.25) is 0 Å². The van der Waals surface area contributed by atoms with E-state index in [1.54, 1.807) is 0 Å². The fraction of sp³-hybridized carbons (Fsp3) is 0.767. The van der Waals surface area contributed by atoms with Gasteiger partial charge < -0.3 is 5.11 Å². The summed E-state index contributed by atoms with van der Waals surface area (Å²) in [5, 5.41) is 10.2. The molecule has 0 amide bonds. The van der Waals surface area contributed by atoms with Gasteiger partial charge in [0.25, 0.3) is 0 Å². The van der Waals surface area contributed by atoms with Crippen molar-refractivity contribution >= 4 is 17.5 Å². The van der Waals surface area contributed by atoms with Crippen molar-refractivity contribution in [3.63, 3.8) is 0 Å². The van der Waals surface area contributed by atoms with Crippen LogP contribution in [0.4, 0.5) is 0 Å². The summed E-state index contributed by atoms with van der Waals surface area (Å²) >= 11 is 0. The average molecular weight is 469 g/mol. The van der Waals surface area contributed by atoms with E-state index in [2.05, 4.69) is 40.7 Å². The summed E-state index contributed by atoms with van der Waals surface area (Å²) in [5.74, 6) is -0.997. The van der Waals surface area contributed by atoms with Gasteiger partial charge in [0.15, 0.2) is 0 Å². The van der Waals surface area contributed by atoms with Crippen LogP contribution in [0.3, 0.4) is 0 Å². The molecule has 0 aliphatic heterocycles. The van der Waals surface area contributed by atoms with Gasteiger partial charge in [-0.15, -0.1) is 0 Å². The molecule has 0 radical (unpaired) electrons. The highest BCUT2D eigenvalue weighted by Crippen LogP contribution is 2.71. The first-order valence-corrected chi connectivity index (χ1v) is 13.4. The van der Waals surface area contributed by atoms with E-state index in [-0.39, 0.29) is 27.4 Å². The van der Waals surface area contributed by atoms with Gasteiger partial charge in [0.2, 0.25) is 0 Å². The minimum absolute atomic E-state index is 0.00607. The Bertz CT molecular complexity index is 980. The molecular formula is C30H44O4. The van der Waals surface area contributed by atoms with Crippen molar-refractivity contribution in [2.75, 3.05) is 0 Å². The topological polar surface area (TPSA) is 71.4 Å². The molecule has 2 saturated carbocycles. The Morgan fingerprint density at radius 1 is 1.03 bits per heavy atom. The standard InChI is InChI=1S/C30H44O4/c1-18(2)9-8-10-19(26(33)34)25-22(31)17-30(7)21-11-12-23-27(3,4)24(32)14-15-28(23,5)20(21)13-16-29(25,30)6/h9,19,23,25H,8,10-17H2,1-7H3,(H,33,34)/t19-,23+,25+,28-,29-,30+/m1/s1. The predicted octanol–water partition coefficient (Wildman–Crippen LogP) is 6.93. The van der Waals surface area contributed by atoms with Crippen molar-refractivity contribution in [2.24, 2.45) is 39.4 Å². The molecule has 0 aromatic carbocycles. The van der Waals surface area contributed by atoms with Crippen molar-refractivity contribution < 1.29 is 19.5 Å². The second-order valence-electron chi connectivity index (χ2n) is 13.3. The number of carboxylic acids is 1. The first-order valence-electron chi connectivity index (χ1n) is 13.4. The molecule has 1 N–H and O–H groups in total. The lowest BCUT2D eigenvalue weighted by atomic mass is 9.43. The van der Waals surface area contributed by atoms with Crippen LogP contribution in [0.25, 0.3) is 0 Å². The third kappa shape index (κ3) is 3.41. The second kappa shape index (κ2) is 8.17. The van der Waals surface area contributed by atoms with E-state index in [4.69, 9.17) is 0 Å². The normalized spacial score (nSPS) is 39.7. The highest BCUT2D eigenvalue weighted by Gasteiger charge is 2.66. The number of hydrogen-bond acceptors (Lipinski definition) is 3. The average Bonchev–Trinajstić information content (AvgIpc) is 2.94. The molecular weight excluding hydrogens is 424 g/mol. The van der Waals surface area contributed by atoms with E-state index < -0.39 is 17.8 Å². The molecule has 0 bridgehead atoms. The van der Waals surface area contributed by atoms with Gasteiger partial charge in [-0.1, -0.05) is 57.4 Å². The molecule has 0 spiro atoms. The molecule has 4 heteroatoms. The lowest BCUT2D eigenvalue weighted by Gasteiger charge is -2.60. The first kappa shape index (κ1) is 25.4. The number of ketones is 2. The number of carbonyl (C=O) groups excluding carboxylic acids is 2. The van der Waals surface area contributed by atoms with Crippen LogP contribution in [0, 0.1) is 39.4 Å². The molecule has 0 unspecified atom stereocenters. The minimum Gasteiger partial charge on any atom is -0.481 e. The maximum Gasteiger partial charge on any atom is 0.307 e. The fourth-order valence-electron chi connectivity index (χ4n) is 9.01. The lowest BCUT2D eigenvalue weighted by Crippen LogP contribution is -2.54.